The van der Waals surface area contributed by atoms with E-state index in [1.54, 1.807) is 12.4 Å². The van der Waals surface area contributed by atoms with Gasteiger partial charge in [-0.2, -0.15) is 5.10 Å². The molecule has 25 heavy (non-hydrogen) atoms. The number of hydrogen-bond donors (Lipinski definition) is 2. The van der Waals surface area contributed by atoms with Gasteiger partial charge in [0.05, 0.1) is 11.7 Å². The fraction of sp³-hybridized carbons (Fsp3) is 0.526. The zero-order chi connectivity index (χ0) is 18.0. The summed E-state index contributed by atoms with van der Waals surface area (Å²) in [5, 5.41) is 10.5. The summed E-state index contributed by atoms with van der Waals surface area (Å²) in [5.41, 5.74) is 4.23. The number of likely N-dealkylation sites (tertiary alicyclic amines) is 1. The van der Waals surface area contributed by atoms with Crippen molar-refractivity contribution in [2.45, 2.75) is 52.0 Å². The van der Waals surface area contributed by atoms with Crippen molar-refractivity contribution in [2.75, 3.05) is 13.1 Å². The summed E-state index contributed by atoms with van der Waals surface area (Å²) in [6.45, 7) is 9.66. The quantitative estimate of drug-likeness (QED) is 0.896. The minimum atomic E-state index is -0.144. The van der Waals surface area contributed by atoms with Crippen LogP contribution in [0.4, 0.5) is 4.79 Å². The predicted octanol–water partition coefficient (Wildman–Crippen LogP) is 3.25. The number of nitrogens with zero attached hydrogens (tertiary/aromatic N) is 3. The molecule has 2 amide bonds. The summed E-state index contributed by atoms with van der Waals surface area (Å²) in [6, 6.07) is 4.12. The molecule has 1 unspecified atom stereocenters. The minimum absolute atomic E-state index is 0.00429. The Morgan fingerprint density at radius 2 is 2.08 bits per heavy atom. The second-order valence-corrected chi connectivity index (χ2v) is 7.48. The Morgan fingerprint density at radius 3 is 2.72 bits per heavy atom. The van der Waals surface area contributed by atoms with Crippen LogP contribution in [0, 0.1) is 13.8 Å². The van der Waals surface area contributed by atoms with Crippen molar-refractivity contribution in [1.82, 2.24) is 25.4 Å². The second-order valence-electron chi connectivity index (χ2n) is 7.48. The maximum absolute atomic E-state index is 12.8. The number of rotatable bonds is 4. The fourth-order valence-electron chi connectivity index (χ4n) is 3.66. The van der Waals surface area contributed by atoms with Crippen molar-refractivity contribution in [3.8, 4) is 0 Å². The molecule has 1 aliphatic rings. The van der Waals surface area contributed by atoms with Crippen LogP contribution in [0.15, 0.2) is 24.5 Å². The van der Waals surface area contributed by atoms with Gasteiger partial charge >= 0.3 is 6.03 Å². The average molecular weight is 341 g/mol. The van der Waals surface area contributed by atoms with Crippen molar-refractivity contribution >= 4 is 6.03 Å². The van der Waals surface area contributed by atoms with Gasteiger partial charge in [-0.25, -0.2) is 4.79 Å². The van der Waals surface area contributed by atoms with Gasteiger partial charge in [0.15, 0.2) is 0 Å². The van der Waals surface area contributed by atoms with Gasteiger partial charge in [0.1, 0.15) is 0 Å². The molecule has 1 aliphatic heterocycles. The van der Waals surface area contributed by atoms with E-state index >= 15 is 0 Å². The number of aromatic amines is 1. The molecule has 0 aromatic carbocycles. The molecule has 2 aromatic heterocycles. The summed E-state index contributed by atoms with van der Waals surface area (Å²) in [5.74, 6) is 0. The van der Waals surface area contributed by atoms with E-state index in [-0.39, 0.29) is 17.5 Å². The zero-order valence-electron chi connectivity index (χ0n) is 15.5. The Morgan fingerprint density at radius 1 is 1.36 bits per heavy atom. The molecular weight excluding hydrogens is 314 g/mol. The predicted molar refractivity (Wildman–Crippen MR) is 97.4 cm³/mol. The van der Waals surface area contributed by atoms with E-state index in [0.717, 1.165) is 30.8 Å². The third-order valence-corrected chi connectivity index (χ3v) is 5.18. The molecule has 6 heteroatoms. The Balaban J connectivity index is 1.69. The van der Waals surface area contributed by atoms with Gasteiger partial charge < -0.3 is 10.2 Å². The zero-order valence-corrected chi connectivity index (χ0v) is 15.5. The van der Waals surface area contributed by atoms with Crippen LogP contribution in [0.3, 0.4) is 0 Å². The summed E-state index contributed by atoms with van der Waals surface area (Å²) >= 11 is 0. The second kappa shape index (κ2) is 6.86. The highest BCUT2D eigenvalue weighted by atomic mass is 16.2. The number of aryl methyl sites for hydroxylation is 2. The van der Waals surface area contributed by atoms with Crippen molar-refractivity contribution in [3.05, 3.63) is 47.0 Å². The van der Waals surface area contributed by atoms with Crippen LogP contribution in [0.25, 0.3) is 0 Å². The first-order chi connectivity index (χ1) is 11.9. The third-order valence-electron chi connectivity index (χ3n) is 5.18. The van der Waals surface area contributed by atoms with Gasteiger partial charge in [-0.05, 0) is 44.4 Å². The molecule has 1 atom stereocenters. The normalized spacial score (nSPS) is 17.8. The molecule has 1 fully saturated rings. The number of amides is 2. The van der Waals surface area contributed by atoms with E-state index in [2.05, 4.69) is 34.3 Å². The fourth-order valence-corrected chi connectivity index (χ4v) is 3.66. The Bertz CT molecular complexity index is 718. The lowest BCUT2D eigenvalue weighted by Crippen LogP contribution is -2.44. The molecule has 0 spiro atoms. The van der Waals surface area contributed by atoms with Gasteiger partial charge in [-0.15, -0.1) is 0 Å². The standard InChI is InChI=1S/C19H27N5O/c1-13-17(14(2)23-22-13)16-6-5-11-24(16)18(25)21-12-19(3,4)15-7-9-20-10-8-15/h7-10,16H,5-6,11-12H2,1-4H3,(H,21,25)(H,22,23). The number of urea groups is 1. The Kier molecular flexibility index (Phi) is 4.79. The third kappa shape index (κ3) is 3.52. The molecule has 0 aliphatic carbocycles. The highest BCUT2D eigenvalue weighted by molar-refractivity contribution is 5.75. The van der Waals surface area contributed by atoms with Crippen LogP contribution in [0.5, 0.6) is 0 Å². The molecule has 134 valence electrons. The summed E-state index contributed by atoms with van der Waals surface area (Å²) < 4.78 is 0. The van der Waals surface area contributed by atoms with Gasteiger partial charge in [0.25, 0.3) is 0 Å². The molecule has 0 saturated carbocycles. The molecule has 1 saturated heterocycles. The van der Waals surface area contributed by atoms with Crippen LogP contribution >= 0.6 is 0 Å². The monoisotopic (exact) mass is 341 g/mol. The van der Waals surface area contributed by atoms with Crippen LogP contribution in [0.2, 0.25) is 0 Å². The van der Waals surface area contributed by atoms with Gasteiger partial charge in [-0.3, -0.25) is 10.1 Å². The van der Waals surface area contributed by atoms with E-state index in [4.69, 9.17) is 0 Å². The van der Waals surface area contributed by atoms with Gasteiger partial charge in [-0.1, -0.05) is 13.8 Å². The molecule has 3 rings (SSSR count). The van der Waals surface area contributed by atoms with Crippen LogP contribution in [0.1, 0.15) is 55.2 Å². The van der Waals surface area contributed by atoms with Gasteiger partial charge in [0.2, 0.25) is 0 Å². The average Bonchev–Trinajstić information content (AvgIpc) is 3.20. The smallest absolute Gasteiger partial charge is 0.317 e. The highest BCUT2D eigenvalue weighted by Crippen LogP contribution is 2.34. The first-order valence-electron chi connectivity index (χ1n) is 8.86. The Hall–Kier alpha value is -2.37. The first kappa shape index (κ1) is 17.5. The van der Waals surface area contributed by atoms with Crippen molar-refractivity contribution in [1.29, 1.82) is 0 Å². The topological polar surface area (TPSA) is 73.9 Å². The molecule has 2 N–H and O–H groups in total. The lowest BCUT2D eigenvalue weighted by atomic mass is 9.85. The minimum Gasteiger partial charge on any atom is -0.337 e. The molecular formula is C19H27N5O. The van der Waals surface area contributed by atoms with Crippen molar-refractivity contribution < 1.29 is 4.79 Å². The van der Waals surface area contributed by atoms with Crippen LogP contribution < -0.4 is 5.32 Å². The summed E-state index contributed by atoms with van der Waals surface area (Å²) in [6.07, 6.45) is 5.60. The van der Waals surface area contributed by atoms with Crippen molar-refractivity contribution in [3.63, 3.8) is 0 Å². The SMILES string of the molecule is Cc1n[nH]c(C)c1C1CCCN1C(=O)NCC(C)(C)c1ccncc1. The van der Waals surface area contributed by atoms with Crippen molar-refractivity contribution in [2.24, 2.45) is 0 Å². The Labute approximate surface area is 149 Å². The van der Waals surface area contributed by atoms with Crippen LogP contribution in [-0.2, 0) is 5.41 Å². The number of aromatic nitrogens is 3. The number of carbonyl (C=O) groups is 1. The highest BCUT2D eigenvalue weighted by Gasteiger charge is 2.33. The van der Waals surface area contributed by atoms with Crippen LogP contribution in [-0.4, -0.2) is 39.2 Å². The summed E-state index contributed by atoms with van der Waals surface area (Å²) in [7, 11) is 0. The number of carbonyl (C=O) groups excluding carboxylic acids is 1. The van der Waals surface area contributed by atoms with Gasteiger partial charge in [0, 0.05) is 42.2 Å². The molecule has 0 radical (unpaired) electrons. The number of pyridine rings is 1. The lowest BCUT2D eigenvalue weighted by Gasteiger charge is -2.29. The number of H-pyrrole nitrogens is 1. The summed E-state index contributed by atoms with van der Waals surface area (Å²) in [4.78, 5) is 18.8. The maximum Gasteiger partial charge on any atom is 0.317 e. The van der Waals surface area contributed by atoms with E-state index in [1.165, 1.54) is 11.1 Å². The first-order valence-corrected chi connectivity index (χ1v) is 8.86. The lowest BCUT2D eigenvalue weighted by molar-refractivity contribution is 0.190. The molecule has 2 aromatic rings. The molecule has 3 heterocycles. The largest absolute Gasteiger partial charge is 0.337 e. The van der Waals surface area contributed by atoms with E-state index < -0.39 is 0 Å². The molecule has 0 bridgehead atoms. The number of nitrogens with one attached hydrogen (secondary N) is 2. The number of hydrogen-bond acceptors (Lipinski definition) is 3. The van der Waals surface area contributed by atoms with E-state index in [0.29, 0.717) is 6.54 Å². The molecule has 6 nitrogen and oxygen atoms in total. The maximum atomic E-state index is 12.8. The van der Waals surface area contributed by atoms with E-state index in [1.807, 2.05) is 30.9 Å². The van der Waals surface area contributed by atoms with E-state index in [9.17, 15) is 4.79 Å².